The topological polar surface area (TPSA) is 26.9 Å². The van der Waals surface area contributed by atoms with E-state index in [-0.39, 0.29) is 5.56 Å². The highest BCUT2D eigenvalue weighted by Crippen LogP contribution is 2.27. The van der Waals surface area contributed by atoms with Crippen molar-refractivity contribution in [1.29, 1.82) is 0 Å². The molecule has 108 valence electrons. The third-order valence-electron chi connectivity index (χ3n) is 3.64. The van der Waals surface area contributed by atoms with E-state index < -0.39 is 0 Å². The van der Waals surface area contributed by atoms with Crippen molar-refractivity contribution in [3.63, 3.8) is 0 Å². The molecule has 2 aromatic rings. The maximum atomic E-state index is 12.4. The van der Waals surface area contributed by atoms with E-state index in [0.717, 1.165) is 29.7 Å². The van der Waals surface area contributed by atoms with Crippen molar-refractivity contribution in [2.45, 2.75) is 26.2 Å². The monoisotopic (exact) mass is 312 g/mol. The summed E-state index contributed by atoms with van der Waals surface area (Å²) in [6.07, 6.45) is 2.33. The van der Waals surface area contributed by atoms with Crippen LogP contribution in [0.2, 0.25) is 10.0 Å². The Kier molecular flexibility index (Phi) is 4.61. The Hall–Kier alpha value is -1.19. The van der Waals surface area contributed by atoms with Gasteiger partial charge in [0.15, 0.2) is 0 Å². The van der Waals surface area contributed by atoms with Gasteiger partial charge in [0.2, 0.25) is 0 Å². The van der Waals surface area contributed by atoms with Crippen molar-refractivity contribution >= 4 is 23.2 Å². The first-order valence-electron chi connectivity index (χ1n) is 6.64. The zero-order chi connectivity index (χ0) is 14.9. The van der Waals surface area contributed by atoms with E-state index in [1.54, 1.807) is 23.9 Å². The average molecular weight is 313 g/mol. The Balaban J connectivity index is 2.54. The maximum absolute atomic E-state index is 12.4. The minimum absolute atomic E-state index is 0.0203. The van der Waals surface area contributed by atoms with Crippen LogP contribution < -0.4 is 5.56 Å². The second-order valence-electron chi connectivity index (χ2n) is 4.90. The standard InChI is InChI=1S/C15H18Cl2N2O/c1-4-6-14-11(15(20)19(3)18(14)2)9-10-12(16)7-5-8-13(10)17/h5,7-8H,4,6,9H2,1-3H3. The van der Waals surface area contributed by atoms with Gasteiger partial charge in [-0.25, -0.2) is 0 Å². The molecule has 0 aliphatic carbocycles. The lowest BCUT2D eigenvalue weighted by molar-refractivity contribution is 0.554. The van der Waals surface area contributed by atoms with Crippen LogP contribution in [0, 0.1) is 0 Å². The van der Waals surface area contributed by atoms with Crippen molar-refractivity contribution in [2.75, 3.05) is 0 Å². The summed E-state index contributed by atoms with van der Waals surface area (Å²) in [6.45, 7) is 2.10. The molecule has 1 aromatic carbocycles. The number of aromatic nitrogens is 2. The van der Waals surface area contributed by atoms with Gasteiger partial charge in [0, 0.05) is 41.8 Å². The second-order valence-corrected chi connectivity index (χ2v) is 5.72. The van der Waals surface area contributed by atoms with Crippen LogP contribution in [0.1, 0.15) is 30.2 Å². The van der Waals surface area contributed by atoms with Gasteiger partial charge in [-0.2, -0.15) is 0 Å². The smallest absolute Gasteiger partial charge is 0.270 e. The van der Waals surface area contributed by atoms with Gasteiger partial charge >= 0.3 is 0 Å². The van der Waals surface area contributed by atoms with Crippen molar-refractivity contribution in [3.8, 4) is 0 Å². The van der Waals surface area contributed by atoms with Crippen LogP contribution in [0.5, 0.6) is 0 Å². The van der Waals surface area contributed by atoms with Crippen LogP contribution in [-0.4, -0.2) is 9.36 Å². The van der Waals surface area contributed by atoms with Crippen molar-refractivity contribution in [1.82, 2.24) is 9.36 Å². The second kappa shape index (κ2) is 6.06. The first-order chi connectivity index (χ1) is 9.47. The Morgan fingerprint density at radius 2 is 1.65 bits per heavy atom. The lowest BCUT2D eigenvalue weighted by atomic mass is 10.0. The maximum Gasteiger partial charge on any atom is 0.270 e. The first-order valence-corrected chi connectivity index (χ1v) is 7.39. The Morgan fingerprint density at radius 1 is 1.05 bits per heavy atom. The number of hydrogen-bond acceptors (Lipinski definition) is 1. The van der Waals surface area contributed by atoms with Gasteiger partial charge in [-0.15, -0.1) is 0 Å². The molecular weight excluding hydrogens is 295 g/mol. The fourth-order valence-electron chi connectivity index (χ4n) is 2.44. The van der Waals surface area contributed by atoms with Crippen LogP contribution >= 0.6 is 23.2 Å². The summed E-state index contributed by atoms with van der Waals surface area (Å²) in [5.41, 5.74) is 2.67. The fourth-order valence-corrected chi connectivity index (χ4v) is 2.97. The molecule has 0 spiro atoms. The van der Waals surface area contributed by atoms with Gasteiger partial charge in [0.05, 0.1) is 0 Å². The molecule has 0 aliphatic rings. The van der Waals surface area contributed by atoms with E-state index in [1.807, 2.05) is 17.8 Å². The molecule has 0 bridgehead atoms. The van der Waals surface area contributed by atoms with E-state index in [1.165, 1.54) is 0 Å². The molecular formula is C15H18Cl2N2O. The first kappa shape index (κ1) is 15.2. The predicted molar refractivity (Wildman–Crippen MR) is 83.9 cm³/mol. The van der Waals surface area contributed by atoms with Gasteiger partial charge < -0.3 is 0 Å². The summed E-state index contributed by atoms with van der Waals surface area (Å²) in [5.74, 6) is 0. The molecule has 0 aliphatic heterocycles. The van der Waals surface area contributed by atoms with Gasteiger partial charge in [-0.3, -0.25) is 14.2 Å². The van der Waals surface area contributed by atoms with E-state index in [2.05, 4.69) is 6.92 Å². The molecule has 0 saturated carbocycles. The molecule has 1 heterocycles. The summed E-state index contributed by atoms with van der Waals surface area (Å²) >= 11 is 12.4. The van der Waals surface area contributed by atoms with Crippen LogP contribution in [-0.2, 0) is 26.9 Å². The zero-order valence-electron chi connectivity index (χ0n) is 11.9. The van der Waals surface area contributed by atoms with E-state index >= 15 is 0 Å². The number of benzene rings is 1. The molecule has 20 heavy (non-hydrogen) atoms. The van der Waals surface area contributed by atoms with E-state index in [0.29, 0.717) is 16.5 Å². The minimum atomic E-state index is 0.0203. The Labute approximate surface area is 128 Å². The van der Waals surface area contributed by atoms with Crippen LogP contribution in [0.25, 0.3) is 0 Å². The average Bonchev–Trinajstić information content (AvgIpc) is 2.61. The molecule has 2 rings (SSSR count). The summed E-state index contributed by atoms with van der Waals surface area (Å²) in [4.78, 5) is 12.4. The van der Waals surface area contributed by atoms with Gasteiger partial charge in [-0.1, -0.05) is 42.6 Å². The molecule has 0 saturated heterocycles. The largest absolute Gasteiger partial charge is 0.290 e. The summed E-state index contributed by atoms with van der Waals surface area (Å²) < 4.78 is 3.54. The van der Waals surface area contributed by atoms with Crippen molar-refractivity contribution in [3.05, 3.63) is 55.4 Å². The molecule has 0 atom stereocenters. The molecule has 0 fully saturated rings. The number of rotatable bonds is 4. The normalized spacial score (nSPS) is 11.1. The predicted octanol–water partition coefficient (Wildman–Crippen LogP) is 3.57. The number of nitrogens with zero attached hydrogens (tertiary/aromatic N) is 2. The Bertz CT molecular complexity index is 666. The van der Waals surface area contributed by atoms with Crippen LogP contribution in [0.15, 0.2) is 23.0 Å². The molecule has 1 aromatic heterocycles. The van der Waals surface area contributed by atoms with Crippen LogP contribution in [0.4, 0.5) is 0 Å². The Morgan fingerprint density at radius 3 is 2.20 bits per heavy atom. The fraction of sp³-hybridized carbons (Fsp3) is 0.400. The lowest BCUT2D eigenvalue weighted by Crippen LogP contribution is -2.19. The highest BCUT2D eigenvalue weighted by molar-refractivity contribution is 6.36. The third kappa shape index (κ3) is 2.65. The lowest BCUT2D eigenvalue weighted by Gasteiger charge is -2.08. The molecule has 0 amide bonds. The molecule has 0 N–H and O–H groups in total. The highest BCUT2D eigenvalue weighted by atomic mass is 35.5. The molecule has 0 radical (unpaired) electrons. The number of halogens is 2. The van der Waals surface area contributed by atoms with Crippen molar-refractivity contribution in [2.24, 2.45) is 14.1 Å². The summed E-state index contributed by atoms with van der Waals surface area (Å²) in [7, 11) is 3.68. The van der Waals surface area contributed by atoms with Gasteiger partial charge in [0.1, 0.15) is 0 Å². The van der Waals surface area contributed by atoms with Crippen molar-refractivity contribution < 1.29 is 0 Å². The highest BCUT2D eigenvalue weighted by Gasteiger charge is 2.18. The number of hydrogen-bond donors (Lipinski definition) is 0. The quantitative estimate of drug-likeness (QED) is 0.847. The van der Waals surface area contributed by atoms with Gasteiger partial charge in [0.25, 0.3) is 5.56 Å². The summed E-state index contributed by atoms with van der Waals surface area (Å²) in [6, 6.07) is 5.41. The zero-order valence-corrected chi connectivity index (χ0v) is 13.4. The van der Waals surface area contributed by atoms with Crippen LogP contribution in [0.3, 0.4) is 0 Å². The SMILES string of the molecule is CCCc1c(Cc2c(Cl)cccc2Cl)c(=O)n(C)n1C. The molecule has 0 unspecified atom stereocenters. The van der Waals surface area contributed by atoms with E-state index in [9.17, 15) is 4.79 Å². The molecule has 5 heteroatoms. The minimum Gasteiger partial charge on any atom is -0.290 e. The third-order valence-corrected chi connectivity index (χ3v) is 4.35. The van der Waals surface area contributed by atoms with E-state index in [4.69, 9.17) is 23.2 Å². The summed E-state index contributed by atoms with van der Waals surface area (Å²) in [5, 5.41) is 1.21. The van der Waals surface area contributed by atoms with Gasteiger partial charge in [-0.05, 0) is 24.1 Å². The molecule has 3 nitrogen and oxygen atoms in total.